The van der Waals surface area contributed by atoms with E-state index in [2.05, 4.69) is 56.8 Å². The van der Waals surface area contributed by atoms with Crippen molar-refractivity contribution in [3.8, 4) is 33.8 Å². The molecule has 2 unspecified atom stereocenters. The number of hydrogen-bond acceptors (Lipinski definition) is 12. The second-order valence-corrected chi connectivity index (χ2v) is 14.2. The van der Waals surface area contributed by atoms with E-state index in [1.54, 1.807) is 42.5 Å². The van der Waals surface area contributed by atoms with Crippen LogP contribution in [0.1, 0.15) is 40.0 Å². The van der Waals surface area contributed by atoms with Gasteiger partial charge in [-0.05, 0) is 72.0 Å². The number of fused-ring (bicyclic) bond motifs is 5. The van der Waals surface area contributed by atoms with E-state index in [1.165, 1.54) is 24.4 Å². The topological polar surface area (TPSA) is 241 Å². The summed E-state index contributed by atoms with van der Waals surface area (Å²) in [5.41, 5.74) is 19.5. The summed E-state index contributed by atoms with van der Waals surface area (Å²) in [6.07, 6.45) is 0.235. The highest BCUT2D eigenvalue weighted by Gasteiger charge is 2.34. The number of likely N-dealkylation sites (N-methyl/N-ethyl adjacent to an activating group) is 1. The maximum absolute atomic E-state index is 14.3. The van der Waals surface area contributed by atoms with E-state index in [0.29, 0.717) is 39.3 Å². The minimum absolute atomic E-state index is 0.0621. The molecule has 9 N–H and O–H groups in total. The summed E-state index contributed by atoms with van der Waals surface area (Å²) in [7, 11) is 3.53. The fourth-order valence-corrected chi connectivity index (χ4v) is 6.80. The summed E-state index contributed by atoms with van der Waals surface area (Å²) in [4.78, 5) is 73.2. The Balaban J connectivity index is 1.33. The van der Waals surface area contributed by atoms with Gasteiger partial charge in [0.25, 0.3) is 5.91 Å². The van der Waals surface area contributed by atoms with Gasteiger partial charge in [0.1, 0.15) is 44.6 Å². The molecule has 0 saturated heterocycles. The van der Waals surface area contributed by atoms with Crippen LogP contribution in [0.2, 0.25) is 0 Å². The average molecular weight is 818 g/mol. The molecular formula is C42H48BN9O8. The molecule has 17 nitrogen and oxygen atoms in total. The molecule has 312 valence electrons. The molecule has 0 aromatic heterocycles. The van der Waals surface area contributed by atoms with Crippen molar-refractivity contribution in [1.82, 2.24) is 31.8 Å². The molecule has 0 radical (unpaired) electrons. The number of hydrogen-bond donors (Lipinski definition) is 7. The Bertz CT molecular complexity index is 2250. The Hall–Kier alpha value is -6.92. The molecule has 4 aromatic carbocycles. The monoisotopic (exact) mass is 817 g/mol. The van der Waals surface area contributed by atoms with Crippen molar-refractivity contribution in [3.05, 3.63) is 107 Å². The van der Waals surface area contributed by atoms with E-state index in [1.807, 2.05) is 30.3 Å². The lowest BCUT2D eigenvalue weighted by Gasteiger charge is -2.31. The standard InChI is InChI=1S/C42H48BN9O8/c1-24-39(54)48-33(38-49-42(57)60-51-50-38)20-26-5-13-34(58-17-15-44)31(19-26)32-21-30(12-14-35(32)59-18-16-45)37(41(56)47-24)52(2)36(53)23-46-40(55)29-10-8-28(9-11-29)27-6-3-25(22-43)4-7-27/h3-14,19,21,24,33,37,51H,15-18,20,22-23,43-45H2,1-2H3,(H,46,55)(H,47,56)(H,48,54)(H,49,50,57)/t24-,33?,37?/m0/s1. The molecule has 5 amide bonds. The first-order valence-electron chi connectivity index (χ1n) is 19.6. The van der Waals surface area contributed by atoms with E-state index >= 15 is 0 Å². The third-order valence-corrected chi connectivity index (χ3v) is 10.0. The highest BCUT2D eigenvalue weighted by atomic mass is 16.7. The van der Waals surface area contributed by atoms with Crippen molar-refractivity contribution in [2.75, 3.05) is 39.9 Å². The lowest BCUT2D eigenvalue weighted by molar-refractivity contribution is -0.139. The molecule has 0 spiro atoms. The Kier molecular flexibility index (Phi) is 14.0. The smallest absolute Gasteiger partial charge is 0.438 e. The van der Waals surface area contributed by atoms with E-state index in [0.717, 1.165) is 17.4 Å². The van der Waals surface area contributed by atoms with Crippen LogP contribution in [-0.4, -0.2) is 100 Å². The Labute approximate surface area is 347 Å². The van der Waals surface area contributed by atoms with E-state index in [4.69, 9.17) is 20.9 Å². The molecule has 4 bridgehead atoms. The maximum atomic E-state index is 14.3. The lowest BCUT2D eigenvalue weighted by atomic mass is 9.93. The van der Waals surface area contributed by atoms with Crippen LogP contribution >= 0.6 is 0 Å². The zero-order valence-electron chi connectivity index (χ0n) is 33.6. The summed E-state index contributed by atoms with van der Waals surface area (Å²) in [5, 5.41) is 14.8. The fourth-order valence-electron chi connectivity index (χ4n) is 6.80. The van der Waals surface area contributed by atoms with Crippen LogP contribution in [0.4, 0.5) is 4.79 Å². The second kappa shape index (κ2) is 19.7. The Morgan fingerprint density at radius 2 is 1.50 bits per heavy atom. The van der Waals surface area contributed by atoms with Crippen LogP contribution in [0.5, 0.6) is 11.5 Å². The minimum Gasteiger partial charge on any atom is -0.492 e. The lowest BCUT2D eigenvalue weighted by Crippen LogP contribution is -2.57. The highest BCUT2D eigenvalue weighted by molar-refractivity contribution is 6.08. The number of nitrogens with zero attached hydrogens (tertiary/aromatic N) is 2. The number of carbonyl (C=O) groups is 5. The normalized spacial score (nSPS) is 17.6. The Morgan fingerprint density at radius 3 is 2.13 bits per heavy atom. The molecule has 3 atom stereocenters. The van der Waals surface area contributed by atoms with Gasteiger partial charge in [0, 0.05) is 36.8 Å². The van der Waals surface area contributed by atoms with Crippen LogP contribution in [0.25, 0.3) is 22.3 Å². The second-order valence-electron chi connectivity index (χ2n) is 14.2. The van der Waals surface area contributed by atoms with Gasteiger partial charge in [-0.25, -0.2) is 4.79 Å². The molecule has 2 aliphatic rings. The molecule has 6 rings (SSSR count). The van der Waals surface area contributed by atoms with Gasteiger partial charge in [0.15, 0.2) is 5.84 Å². The third-order valence-electron chi connectivity index (χ3n) is 10.0. The molecule has 0 fully saturated rings. The van der Waals surface area contributed by atoms with Crippen molar-refractivity contribution in [1.29, 1.82) is 0 Å². The van der Waals surface area contributed by atoms with Crippen LogP contribution in [-0.2, 0) is 32.0 Å². The minimum atomic E-state index is -1.30. The van der Waals surface area contributed by atoms with Gasteiger partial charge < -0.3 is 46.6 Å². The molecule has 2 heterocycles. The van der Waals surface area contributed by atoms with Crippen molar-refractivity contribution < 1.29 is 38.3 Å². The number of nitrogens with one attached hydrogen (secondary N) is 5. The quantitative estimate of drug-likeness (QED) is 0.0934. The average Bonchev–Trinajstić information content (AvgIpc) is 3.26. The van der Waals surface area contributed by atoms with Gasteiger partial charge in [0.2, 0.25) is 17.7 Å². The van der Waals surface area contributed by atoms with Gasteiger partial charge in [0.05, 0.1) is 12.6 Å². The highest BCUT2D eigenvalue weighted by Crippen LogP contribution is 2.40. The predicted molar refractivity (Wildman–Crippen MR) is 226 cm³/mol. The number of hydrazone groups is 1. The van der Waals surface area contributed by atoms with E-state index < -0.39 is 54.4 Å². The van der Waals surface area contributed by atoms with Gasteiger partial charge in [-0.3, -0.25) is 24.5 Å². The summed E-state index contributed by atoms with van der Waals surface area (Å²) in [6, 6.07) is 22.3. The number of rotatable bonds is 13. The number of amides is 5. The van der Waals surface area contributed by atoms with Crippen LogP contribution in [0, 0.1) is 0 Å². The molecule has 0 aliphatic carbocycles. The number of nitrogens with two attached hydrogens (primary N) is 2. The van der Waals surface area contributed by atoms with Gasteiger partial charge >= 0.3 is 6.09 Å². The maximum Gasteiger partial charge on any atom is 0.438 e. The zero-order chi connectivity index (χ0) is 42.8. The number of carbonyl (C=O) groups excluding carboxylic acids is 5. The summed E-state index contributed by atoms with van der Waals surface area (Å²) >= 11 is 0. The Morgan fingerprint density at radius 1 is 0.867 bits per heavy atom. The van der Waals surface area contributed by atoms with E-state index in [-0.39, 0.29) is 38.6 Å². The van der Waals surface area contributed by atoms with E-state index in [9.17, 15) is 24.0 Å². The third kappa shape index (κ3) is 10.2. The van der Waals surface area contributed by atoms with Crippen molar-refractivity contribution in [2.24, 2.45) is 16.6 Å². The van der Waals surface area contributed by atoms with Crippen LogP contribution < -0.4 is 47.8 Å². The summed E-state index contributed by atoms with van der Waals surface area (Å²) in [6.45, 7) is 1.84. The first-order chi connectivity index (χ1) is 29.0. The van der Waals surface area contributed by atoms with Crippen molar-refractivity contribution >= 4 is 43.4 Å². The van der Waals surface area contributed by atoms with Gasteiger partial charge in [-0.2, -0.15) is 0 Å². The zero-order valence-corrected chi connectivity index (χ0v) is 33.6. The molecule has 0 saturated carbocycles. The largest absolute Gasteiger partial charge is 0.492 e. The van der Waals surface area contributed by atoms with Crippen molar-refractivity contribution in [2.45, 2.75) is 37.8 Å². The SMILES string of the molecule is BCc1ccc(-c2ccc(C(=O)NCC(=O)N(C)C3C(=O)N[C@@H](C)C(=O)NC(C4=NNOC(=O)N4)Cc4ccc(OCCN)c(c4)-c4cc3ccc4OCCN)cc2)cc1. The van der Waals surface area contributed by atoms with Gasteiger partial charge in [-0.1, -0.05) is 60.4 Å². The summed E-state index contributed by atoms with van der Waals surface area (Å²) in [5.74, 6) is -1.44. The van der Waals surface area contributed by atoms with Gasteiger partial charge in [-0.15, -0.1) is 10.7 Å². The fraction of sp³-hybridized carbons (Fsp3) is 0.286. The van der Waals surface area contributed by atoms with Crippen molar-refractivity contribution in [3.63, 3.8) is 0 Å². The number of benzene rings is 4. The predicted octanol–water partition coefficient (Wildman–Crippen LogP) is 0.862. The first kappa shape index (κ1) is 42.7. The molecule has 4 aromatic rings. The molecule has 18 heteroatoms. The van der Waals surface area contributed by atoms with Crippen LogP contribution in [0.3, 0.4) is 0 Å². The molecular weight excluding hydrogens is 769 g/mol. The number of amidine groups is 1. The molecule has 60 heavy (non-hydrogen) atoms. The number of ether oxygens (including phenoxy) is 2. The van der Waals surface area contributed by atoms with Crippen LogP contribution in [0.15, 0.2) is 90.0 Å². The first-order valence-corrected chi connectivity index (χ1v) is 19.6. The molecule has 2 aliphatic heterocycles. The summed E-state index contributed by atoms with van der Waals surface area (Å²) < 4.78 is 12.2.